The van der Waals surface area contributed by atoms with Gasteiger partial charge in [-0.1, -0.05) is 107 Å². The third-order valence-corrected chi connectivity index (χ3v) is 5.51. The van der Waals surface area contributed by atoms with Gasteiger partial charge in [0.25, 0.3) is 0 Å². The van der Waals surface area contributed by atoms with E-state index in [0.717, 1.165) is 6.42 Å². The molecule has 0 nitrogen and oxygen atoms in total. The zero-order valence-corrected chi connectivity index (χ0v) is 14.3. The normalized spacial score (nSPS) is 20.5. The van der Waals surface area contributed by atoms with Gasteiger partial charge in [0.15, 0.2) is 0 Å². The lowest BCUT2D eigenvalue weighted by molar-refractivity contribution is 0.807. The summed E-state index contributed by atoms with van der Waals surface area (Å²) in [4.78, 5) is 0. The fraction of sp³-hybridized carbons (Fsp3) is 0.0909. The van der Waals surface area contributed by atoms with Gasteiger partial charge in [-0.2, -0.15) is 0 Å². The van der Waals surface area contributed by atoms with Crippen LogP contribution in [0.3, 0.4) is 0 Å². The summed E-state index contributed by atoms with van der Waals surface area (Å²) >= 11 is 3.99. The number of fused-ring (bicyclic) bond motifs is 1. The largest absolute Gasteiger partial charge is 0.0752 e. The molecule has 1 aliphatic carbocycles. The molecule has 0 aliphatic heterocycles. The van der Waals surface area contributed by atoms with Crippen molar-refractivity contribution in [2.45, 2.75) is 10.7 Å². The molecule has 1 atom stereocenters. The maximum absolute atomic E-state index is 3.99. The van der Waals surface area contributed by atoms with Crippen molar-refractivity contribution in [3.63, 3.8) is 0 Å². The van der Waals surface area contributed by atoms with Gasteiger partial charge in [0, 0.05) is 0 Å². The Morgan fingerprint density at radius 3 is 2.30 bits per heavy atom. The molecule has 1 unspecified atom stereocenters. The third-order valence-electron chi connectivity index (χ3n) is 4.49. The number of benzene rings is 3. The fourth-order valence-corrected chi connectivity index (χ4v) is 3.89. The van der Waals surface area contributed by atoms with Crippen LogP contribution in [0.25, 0.3) is 16.3 Å². The van der Waals surface area contributed by atoms with Gasteiger partial charge in [-0.3, -0.25) is 0 Å². The van der Waals surface area contributed by atoms with Crippen molar-refractivity contribution in [1.29, 1.82) is 0 Å². The number of allylic oxidation sites excluding steroid dienone is 4. The highest BCUT2D eigenvalue weighted by molar-refractivity contribution is 9.09. The highest BCUT2D eigenvalue weighted by Gasteiger charge is 2.28. The van der Waals surface area contributed by atoms with E-state index in [1.54, 1.807) is 0 Å². The lowest BCUT2D eigenvalue weighted by Crippen LogP contribution is -2.16. The second-order valence-corrected chi connectivity index (χ2v) is 7.37. The Morgan fingerprint density at radius 1 is 0.783 bits per heavy atom. The van der Waals surface area contributed by atoms with Crippen LogP contribution in [0.5, 0.6) is 0 Å². The first-order valence-electron chi connectivity index (χ1n) is 7.88. The molecule has 0 radical (unpaired) electrons. The van der Waals surface area contributed by atoms with Crippen LogP contribution in [0.4, 0.5) is 0 Å². The van der Waals surface area contributed by atoms with Crippen LogP contribution in [0.1, 0.15) is 17.5 Å². The molecule has 1 aliphatic rings. The summed E-state index contributed by atoms with van der Waals surface area (Å²) in [5, 5.41) is 2.60. The molecule has 4 rings (SSSR count). The molecular weight excluding hydrogens is 344 g/mol. The van der Waals surface area contributed by atoms with Crippen molar-refractivity contribution in [2.24, 2.45) is 0 Å². The lowest BCUT2D eigenvalue weighted by Gasteiger charge is -2.28. The molecule has 3 aromatic carbocycles. The van der Waals surface area contributed by atoms with Gasteiger partial charge in [0.05, 0.1) is 4.32 Å². The van der Waals surface area contributed by atoms with Crippen molar-refractivity contribution in [3.8, 4) is 0 Å². The van der Waals surface area contributed by atoms with Gasteiger partial charge in [-0.05, 0) is 33.9 Å². The van der Waals surface area contributed by atoms with Crippen LogP contribution in [-0.4, -0.2) is 0 Å². The van der Waals surface area contributed by atoms with Crippen molar-refractivity contribution >= 4 is 32.3 Å². The van der Waals surface area contributed by atoms with E-state index in [1.807, 2.05) is 0 Å². The Labute approximate surface area is 145 Å². The van der Waals surface area contributed by atoms with Gasteiger partial charge >= 0.3 is 0 Å². The number of alkyl halides is 1. The monoisotopic (exact) mass is 360 g/mol. The quantitative estimate of drug-likeness (QED) is 0.459. The van der Waals surface area contributed by atoms with Crippen molar-refractivity contribution in [3.05, 3.63) is 102 Å². The SMILES string of the molecule is BrC1(c2cccc3ccccc23)C=CC(c2ccccc2)=CC1. The molecule has 0 spiro atoms. The fourth-order valence-electron chi connectivity index (χ4n) is 3.25. The van der Waals surface area contributed by atoms with E-state index in [1.165, 1.54) is 27.5 Å². The summed E-state index contributed by atoms with van der Waals surface area (Å²) < 4.78 is -0.133. The Hall–Kier alpha value is -2.12. The van der Waals surface area contributed by atoms with Crippen LogP contribution >= 0.6 is 15.9 Å². The second-order valence-electron chi connectivity index (χ2n) is 5.95. The van der Waals surface area contributed by atoms with E-state index in [-0.39, 0.29) is 4.32 Å². The van der Waals surface area contributed by atoms with E-state index in [0.29, 0.717) is 0 Å². The Kier molecular flexibility index (Phi) is 3.66. The van der Waals surface area contributed by atoms with Crippen LogP contribution in [0.2, 0.25) is 0 Å². The minimum atomic E-state index is -0.133. The first kappa shape index (κ1) is 14.5. The minimum Gasteiger partial charge on any atom is -0.0752 e. The van der Waals surface area contributed by atoms with Gasteiger partial charge < -0.3 is 0 Å². The molecule has 0 aromatic heterocycles. The summed E-state index contributed by atoms with van der Waals surface area (Å²) in [6.07, 6.45) is 7.79. The number of hydrogen-bond acceptors (Lipinski definition) is 0. The standard InChI is InChI=1S/C22H17Br/c23-22(21-12-6-10-19-9-4-5-11-20(19)21)15-13-18(14-16-22)17-7-2-1-3-8-17/h1-15H,16H2. The van der Waals surface area contributed by atoms with E-state index in [9.17, 15) is 0 Å². The van der Waals surface area contributed by atoms with Crippen LogP contribution < -0.4 is 0 Å². The maximum atomic E-state index is 3.99. The lowest BCUT2D eigenvalue weighted by atomic mass is 9.85. The van der Waals surface area contributed by atoms with Gasteiger partial charge in [-0.15, -0.1) is 0 Å². The first-order valence-corrected chi connectivity index (χ1v) is 8.68. The molecule has 0 fully saturated rings. The highest BCUT2D eigenvalue weighted by Crippen LogP contribution is 2.44. The molecule has 23 heavy (non-hydrogen) atoms. The van der Waals surface area contributed by atoms with E-state index in [2.05, 4.69) is 107 Å². The van der Waals surface area contributed by atoms with E-state index < -0.39 is 0 Å². The molecule has 3 aromatic rings. The number of hydrogen-bond donors (Lipinski definition) is 0. The average Bonchev–Trinajstić information content (AvgIpc) is 2.62. The zero-order valence-electron chi connectivity index (χ0n) is 12.7. The van der Waals surface area contributed by atoms with Crippen molar-refractivity contribution in [1.82, 2.24) is 0 Å². The van der Waals surface area contributed by atoms with E-state index >= 15 is 0 Å². The number of halogens is 1. The number of rotatable bonds is 2. The van der Waals surface area contributed by atoms with Crippen LogP contribution in [-0.2, 0) is 4.32 Å². The van der Waals surface area contributed by atoms with Crippen molar-refractivity contribution < 1.29 is 0 Å². The highest BCUT2D eigenvalue weighted by atomic mass is 79.9. The molecule has 0 heterocycles. The topological polar surface area (TPSA) is 0 Å². The summed E-state index contributed by atoms with van der Waals surface area (Å²) in [5.74, 6) is 0. The molecule has 0 saturated heterocycles. The van der Waals surface area contributed by atoms with E-state index in [4.69, 9.17) is 0 Å². The summed E-state index contributed by atoms with van der Waals surface area (Å²) in [6, 6.07) is 25.7. The van der Waals surface area contributed by atoms with Gasteiger partial charge in [0.2, 0.25) is 0 Å². The van der Waals surface area contributed by atoms with Crippen LogP contribution in [0.15, 0.2) is 91.0 Å². The van der Waals surface area contributed by atoms with Crippen LogP contribution in [0, 0.1) is 0 Å². The molecule has 1 heteroatoms. The summed E-state index contributed by atoms with van der Waals surface area (Å²) in [6.45, 7) is 0. The molecule has 0 amide bonds. The zero-order chi connectivity index (χ0) is 15.7. The molecule has 112 valence electrons. The van der Waals surface area contributed by atoms with Crippen molar-refractivity contribution in [2.75, 3.05) is 0 Å². The summed E-state index contributed by atoms with van der Waals surface area (Å²) in [7, 11) is 0. The molecule has 0 saturated carbocycles. The minimum absolute atomic E-state index is 0.133. The van der Waals surface area contributed by atoms with Gasteiger partial charge in [0.1, 0.15) is 0 Å². The Bertz CT molecular complexity index is 900. The Morgan fingerprint density at radius 2 is 1.52 bits per heavy atom. The maximum Gasteiger partial charge on any atom is 0.0729 e. The van der Waals surface area contributed by atoms with Gasteiger partial charge in [-0.25, -0.2) is 0 Å². The smallest absolute Gasteiger partial charge is 0.0729 e. The molecule has 0 N–H and O–H groups in total. The summed E-state index contributed by atoms with van der Waals surface area (Å²) in [5.41, 5.74) is 3.90. The predicted octanol–water partition coefficient (Wildman–Crippen LogP) is 6.47. The first-order chi connectivity index (χ1) is 11.3. The second kappa shape index (κ2) is 5.82. The molecular formula is C22H17Br. The Balaban J connectivity index is 1.74. The average molecular weight is 361 g/mol. The third kappa shape index (κ3) is 2.66. The predicted molar refractivity (Wildman–Crippen MR) is 103 cm³/mol. The molecule has 0 bridgehead atoms.